The van der Waals surface area contributed by atoms with Gasteiger partial charge in [-0.3, -0.25) is 14.5 Å². The van der Waals surface area contributed by atoms with Crippen LogP contribution < -0.4 is 15.5 Å². The molecule has 0 saturated carbocycles. The van der Waals surface area contributed by atoms with Crippen LogP contribution in [0.4, 0.5) is 16.2 Å². The summed E-state index contributed by atoms with van der Waals surface area (Å²) in [5.74, 6) is -0.982. The molecule has 0 spiro atoms. The summed E-state index contributed by atoms with van der Waals surface area (Å²) < 4.78 is 10.6. The van der Waals surface area contributed by atoms with Crippen molar-refractivity contribution in [3.63, 3.8) is 0 Å². The molecule has 0 saturated heterocycles. The van der Waals surface area contributed by atoms with Gasteiger partial charge in [-0.15, -0.1) is 0 Å². The highest BCUT2D eigenvalue weighted by Crippen LogP contribution is 2.28. The van der Waals surface area contributed by atoms with Crippen LogP contribution in [-0.2, 0) is 25.7 Å². The third kappa shape index (κ3) is 6.21. The summed E-state index contributed by atoms with van der Waals surface area (Å²) in [4.78, 5) is 39.3. The SMILES string of the molecule is CC(C)(C)OC(=O)N[C@H]1CNc2ccccc2N(CC(=O)OCc2ccccc2)C1=O. The number of alkyl carbamates (subject to hydrolysis) is 1. The number of nitrogens with one attached hydrogen (secondary N) is 2. The molecule has 164 valence electrons. The molecule has 2 aromatic rings. The van der Waals surface area contributed by atoms with Crippen molar-refractivity contribution >= 4 is 29.3 Å². The van der Waals surface area contributed by atoms with Gasteiger partial charge in [0.25, 0.3) is 5.91 Å². The van der Waals surface area contributed by atoms with E-state index >= 15 is 0 Å². The number of fused-ring (bicyclic) bond motifs is 1. The molecule has 1 heterocycles. The Kier molecular flexibility index (Phi) is 6.79. The molecule has 0 radical (unpaired) electrons. The second-order valence-corrected chi connectivity index (χ2v) is 8.17. The number of hydrogen-bond acceptors (Lipinski definition) is 6. The van der Waals surface area contributed by atoms with Gasteiger partial charge in [0.15, 0.2) is 0 Å². The van der Waals surface area contributed by atoms with E-state index in [9.17, 15) is 14.4 Å². The Morgan fingerprint density at radius 1 is 1.10 bits per heavy atom. The Balaban J connectivity index is 1.73. The molecule has 8 nitrogen and oxygen atoms in total. The normalized spacial score (nSPS) is 15.9. The van der Waals surface area contributed by atoms with Gasteiger partial charge in [-0.1, -0.05) is 42.5 Å². The number of rotatable bonds is 5. The number of nitrogens with zero attached hydrogens (tertiary/aromatic N) is 1. The predicted octanol–water partition coefficient (Wildman–Crippen LogP) is 3.08. The Bertz CT molecular complexity index is 940. The summed E-state index contributed by atoms with van der Waals surface area (Å²) in [6, 6.07) is 15.5. The summed E-state index contributed by atoms with van der Waals surface area (Å²) >= 11 is 0. The molecular weight excluding hydrogens is 398 g/mol. The van der Waals surface area contributed by atoms with Crippen LogP contribution in [0.15, 0.2) is 54.6 Å². The van der Waals surface area contributed by atoms with Crippen molar-refractivity contribution < 1.29 is 23.9 Å². The molecule has 8 heteroatoms. The van der Waals surface area contributed by atoms with Gasteiger partial charge in [0, 0.05) is 6.54 Å². The Hall–Kier alpha value is -3.55. The average molecular weight is 425 g/mol. The molecule has 2 aromatic carbocycles. The highest BCUT2D eigenvalue weighted by atomic mass is 16.6. The van der Waals surface area contributed by atoms with Crippen LogP contribution in [0, 0.1) is 0 Å². The van der Waals surface area contributed by atoms with Crippen molar-refractivity contribution in [1.82, 2.24) is 5.32 Å². The molecule has 0 aromatic heterocycles. The summed E-state index contributed by atoms with van der Waals surface area (Å²) in [6.07, 6.45) is -0.704. The van der Waals surface area contributed by atoms with Gasteiger partial charge in [-0.05, 0) is 38.5 Å². The van der Waals surface area contributed by atoms with Crippen LogP contribution in [0.25, 0.3) is 0 Å². The third-order valence-electron chi connectivity index (χ3n) is 4.48. The molecule has 1 aliphatic heterocycles. The molecule has 0 fully saturated rings. The smallest absolute Gasteiger partial charge is 0.408 e. The largest absolute Gasteiger partial charge is 0.459 e. The van der Waals surface area contributed by atoms with E-state index in [1.807, 2.05) is 36.4 Å². The lowest BCUT2D eigenvalue weighted by atomic mass is 10.2. The minimum absolute atomic E-state index is 0.112. The first-order valence-electron chi connectivity index (χ1n) is 10.1. The van der Waals surface area contributed by atoms with E-state index in [0.29, 0.717) is 11.4 Å². The molecule has 31 heavy (non-hydrogen) atoms. The number of anilines is 2. The van der Waals surface area contributed by atoms with Crippen LogP contribution in [0.2, 0.25) is 0 Å². The van der Waals surface area contributed by atoms with Crippen molar-refractivity contribution in [2.24, 2.45) is 0 Å². The summed E-state index contributed by atoms with van der Waals surface area (Å²) in [6.45, 7) is 5.21. The van der Waals surface area contributed by atoms with Crippen molar-refractivity contribution in [2.45, 2.75) is 39.0 Å². The van der Waals surface area contributed by atoms with E-state index in [2.05, 4.69) is 10.6 Å². The average Bonchev–Trinajstić information content (AvgIpc) is 2.84. The van der Waals surface area contributed by atoms with E-state index in [1.54, 1.807) is 39.0 Å². The highest BCUT2D eigenvalue weighted by molar-refractivity contribution is 6.05. The predicted molar refractivity (Wildman–Crippen MR) is 117 cm³/mol. The summed E-state index contributed by atoms with van der Waals surface area (Å²) in [7, 11) is 0. The van der Waals surface area contributed by atoms with Gasteiger partial charge < -0.3 is 20.1 Å². The van der Waals surface area contributed by atoms with Crippen LogP contribution >= 0.6 is 0 Å². The topological polar surface area (TPSA) is 97.0 Å². The van der Waals surface area contributed by atoms with E-state index < -0.39 is 29.6 Å². The van der Waals surface area contributed by atoms with Gasteiger partial charge in [0.2, 0.25) is 0 Å². The lowest BCUT2D eigenvalue weighted by molar-refractivity contribution is -0.144. The zero-order valence-electron chi connectivity index (χ0n) is 17.9. The maximum absolute atomic E-state index is 13.2. The summed E-state index contributed by atoms with van der Waals surface area (Å²) in [5, 5.41) is 5.74. The second kappa shape index (κ2) is 9.51. The molecule has 3 rings (SSSR count). The number of carbonyl (C=O) groups excluding carboxylic acids is 3. The maximum Gasteiger partial charge on any atom is 0.408 e. The molecule has 2 amide bonds. The van der Waals surface area contributed by atoms with Crippen molar-refractivity contribution in [2.75, 3.05) is 23.3 Å². The molecular formula is C23H27N3O5. The molecule has 0 unspecified atom stereocenters. The van der Waals surface area contributed by atoms with Gasteiger partial charge in [0.1, 0.15) is 24.8 Å². The Morgan fingerprint density at radius 2 is 1.77 bits per heavy atom. The minimum Gasteiger partial charge on any atom is -0.459 e. The van der Waals surface area contributed by atoms with Crippen molar-refractivity contribution in [1.29, 1.82) is 0 Å². The van der Waals surface area contributed by atoms with Gasteiger partial charge in [0.05, 0.1) is 11.4 Å². The molecule has 0 aliphatic carbocycles. The number of amides is 2. The molecule has 1 atom stereocenters. The van der Waals surface area contributed by atoms with Crippen molar-refractivity contribution in [3.8, 4) is 0 Å². The standard InChI is InChI=1S/C23H27N3O5/c1-23(2,3)31-22(29)25-18-13-24-17-11-7-8-12-19(17)26(21(18)28)14-20(27)30-15-16-9-5-4-6-10-16/h4-12,18,24H,13-15H2,1-3H3,(H,25,29)/t18-/m0/s1. The van der Waals surface area contributed by atoms with E-state index in [0.717, 1.165) is 5.56 Å². The lowest BCUT2D eigenvalue weighted by Gasteiger charge is -2.26. The fraction of sp³-hybridized carbons (Fsp3) is 0.348. The van der Waals surface area contributed by atoms with Gasteiger partial charge in [-0.25, -0.2) is 4.79 Å². The monoisotopic (exact) mass is 425 g/mol. The van der Waals surface area contributed by atoms with Crippen LogP contribution in [0.3, 0.4) is 0 Å². The summed E-state index contributed by atoms with van der Waals surface area (Å²) in [5.41, 5.74) is 1.37. The highest BCUT2D eigenvalue weighted by Gasteiger charge is 2.33. The molecule has 2 N–H and O–H groups in total. The van der Waals surface area contributed by atoms with Gasteiger partial charge in [-0.2, -0.15) is 0 Å². The number of hydrogen-bond donors (Lipinski definition) is 2. The fourth-order valence-electron chi connectivity index (χ4n) is 3.10. The maximum atomic E-state index is 13.2. The number of ether oxygens (including phenoxy) is 2. The zero-order valence-corrected chi connectivity index (χ0v) is 17.9. The Morgan fingerprint density at radius 3 is 2.48 bits per heavy atom. The minimum atomic E-state index is -0.913. The van der Waals surface area contributed by atoms with Crippen LogP contribution in [0.5, 0.6) is 0 Å². The number of benzene rings is 2. The zero-order chi connectivity index (χ0) is 22.4. The van der Waals surface area contributed by atoms with E-state index in [-0.39, 0.29) is 19.7 Å². The third-order valence-corrected chi connectivity index (χ3v) is 4.48. The lowest BCUT2D eigenvalue weighted by Crippen LogP contribution is -2.52. The van der Waals surface area contributed by atoms with Gasteiger partial charge >= 0.3 is 12.1 Å². The Labute approximate surface area is 181 Å². The van der Waals surface area contributed by atoms with Crippen molar-refractivity contribution in [3.05, 3.63) is 60.2 Å². The van der Waals surface area contributed by atoms with E-state index in [4.69, 9.17) is 9.47 Å². The van der Waals surface area contributed by atoms with Crippen LogP contribution in [-0.4, -0.2) is 42.7 Å². The number of para-hydroxylation sites is 2. The van der Waals surface area contributed by atoms with Crippen LogP contribution in [0.1, 0.15) is 26.3 Å². The molecule has 0 bridgehead atoms. The number of esters is 1. The first-order chi connectivity index (χ1) is 14.7. The quantitative estimate of drug-likeness (QED) is 0.715. The fourth-order valence-corrected chi connectivity index (χ4v) is 3.10. The molecule has 1 aliphatic rings. The van der Waals surface area contributed by atoms with E-state index in [1.165, 1.54) is 4.90 Å². The first kappa shape index (κ1) is 22.1. The second-order valence-electron chi connectivity index (χ2n) is 8.17. The first-order valence-corrected chi connectivity index (χ1v) is 10.1. The number of carbonyl (C=O) groups is 3.